The average Bonchev–Trinajstić information content (AvgIpc) is 2.66. The zero-order valence-corrected chi connectivity index (χ0v) is 16.5. The number of carbonyl (C=O) groups is 1. The topological polar surface area (TPSA) is 92.9 Å². The van der Waals surface area contributed by atoms with Crippen LogP contribution in [0.5, 0.6) is 0 Å². The third-order valence-corrected chi connectivity index (χ3v) is 5.04. The van der Waals surface area contributed by atoms with Crippen LogP contribution in [0.3, 0.4) is 0 Å². The molecule has 1 saturated carbocycles. The Balaban J connectivity index is 0.00000261. The van der Waals surface area contributed by atoms with Gasteiger partial charge in [-0.05, 0) is 31.9 Å². The van der Waals surface area contributed by atoms with Crippen molar-refractivity contribution in [2.45, 2.75) is 38.1 Å². The first-order valence-corrected chi connectivity index (χ1v) is 9.26. The van der Waals surface area contributed by atoms with Gasteiger partial charge in [0.05, 0.1) is 11.6 Å². The van der Waals surface area contributed by atoms with E-state index in [1.54, 1.807) is 0 Å². The summed E-state index contributed by atoms with van der Waals surface area (Å²) in [5.41, 5.74) is 7.77. The Labute approximate surface area is 166 Å². The SMILES string of the molecule is CC1(N)CCCCC1C(=O)NCCNc1ccc(-c2ccccc2)nn1.Cl. The summed E-state index contributed by atoms with van der Waals surface area (Å²) in [4.78, 5) is 12.4. The molecule has 0 aliphatic heterocycles. The maximum absolute atomic E-state index is 12.4. The quantitative estimate of drug-likeness (QED) is 0.660. The van der Waals surface area contributed by atoms with Gasteiger partial charge < -0.3 is 16.4 Å². The number of carbonyl (C=O) groups excluding carboxylic acids is 1. The molecule has 1 heterocycles. The minimum atomic E-state index is -0.394. The molecule has 27 heavy (non-hydrogen) atoms. The molecule has 0 bridgehead atoms. The molecule has 146 valence electrons. The molecule has 0 spiro atoms. The molecule has 0 radical (unpaired) electrons. The third kappa shape index (κ3) is 5.65. The first-order chi connectivity index (χ1) is 12.6. The molecule has 2 aromatic rings. The lowest BCUT2D eigenvalue weighted by Crippen LogP contribution is -2.53. The molecule has 0 saturated heterocycles. The van der Waals surface area contributed by atoms with Crippen molar-refractivity contribution >= 4 is 24.1 Å². The molecule has 2 atom stereocenters. The molecule has 1 aromatic heterocycles. The number of nitrogens with one attached hydrogen (secondary N) is 2. The van der Waals surface area contributed by atoms with Gasteiger partial charge in [-0.3, -0.25) is 4.79 Å². The summed E-state index contributed by atoms with van der Waals surface area (Å²) in [6, 6.07) is 13.8. The van der Waals surface area contributed by atoms with Crippen molar-refractivity contribution in [2.75, 3.05) is 18.4 Å². The van der Waals surface area contributed by atoms with Crippen molar-refractivity contribution in [3.05, 3.63) is 42.5 Å². The molecule has 6 nitrogen and oxygen atoms in total. The molecule has 4 N–H and O–H groups in total. The van der Waals surface area contributed by atoms with Crippen LogP contribution < -0.4 is 16.4 Å². The van der Waals surface area contributed by atoms with Crippen molar-refractivity contribution in [3.63, 3.8) is 0 Å². The van der Waals surface area contributed by atoms with E-state index >= 15 is 0 Å². The van der Waals surface area contributed by atoms with E-state index in [4.69, 9.17) is 5.73 Å². The first kappa shape index (κ1) is 21.1. The van der Waals surface area contributed by atoms with Crippen LogP contribution in [0.2, 0.25) is 0 Å². The fourth-order valence-corrected chi connectivity index (χ4v) is 3.48. The summed E-state index contributed by atoms with van der Waals surface area (Å²) in [5.74, 6) is 0.656. The third-order valence-electron chi connectivity index (χ3n) is 5.04. The molecular formula is C20H28ClN5O. The number of nitrogens with two attached hydrogens (primary N) is 1. The molecular weight excluding hydrogens is 362 g/mol. The van der Waals surface area contributed by atoms with Crippen molar-refractivity contribution in [2.24, 2.45) is 11.7 Å². The van der Waals surface area contributed by atoms with Gasteiger partial charge in [0.2, 0.25) is 5.91 Å². The van der Waals surface area contributed by atoms with Crippen molar-refractivity contribution < 1.29 is 4.79 Å². The van der Waals surface area contributed by atoms with Gasteiger partial charge in [0.25, 0.3) is 0 Å². The molecule has 1 fully saturated rings. The highest BCUT2D eigenvalue weighted by atomic mass is 35.5. The number of rotatable bonds is 6. The fourth-order valence-electron chi connectivity index (χ4n) is 3.48. The second-order valence-corrected chi connectivity index (χ2v) is 7.19. The zero-order valence-electron chi connectivity index (χ0n) is 15.6. The first-order valence-electron chi connectivity index (χ1n) is 9.26. The van der Waals surface area contributed by atoms with Crippen molar-refractivity contribution in [3.8, 4) is 11.3 Å². The van der Waals surface area contributed by atoms with Gasteiger partial charge in [0, 0.05) is 24.2 Å². The van der Waals surface area contributed by atoms with Gasteiger partial charge in [0.1, 0.15) is 5.82 Å². The smallest absolute Gasteiger partial charge is 0.225 e. The van der Waals surface area contributed by atoms with Gasteiger partial charge >= 0.3 is 0 Å². The van der Waals surface area contributed by atoms with E-state index in [1.165, 1.54) is 0 Å². The minimum absolute atomic E-state index is 0. The predicted molar refractivity (Wildman–Crippen MR) is 111 cm³/mol. The number of aromatic nitrogens is 2. The highest BCUT2D eigenvalue weighted by Gasteiger charge is 2.37. The lowest BCUT2D eigenvalue weighted by molar-refractivity contribution is -0.128. The second-order valence-electron chi connectivity index (χ2n) is 7.19. The molecule has 1 amide bonds. The van der Waals surface area contributed by atoms with E-state index in [9.17, 15) is 4.79 Å². The van der Waals surface area contributed by atoms with Crippen LogP contribution in [0.4, 0.5) is 5.82 Å². The van der Waals surface area contributed by atoms with Crippen LogP contribution >= 0.6 is 12.4 Å². The Kier molecular flexibility index (Phi) is 7.56. The van der Waals surface area contributed by atoms with Crippen LogP contribution in [0.25, 0.3) is 11.3 Å². The highest BCUT2D eigenvalue weighted by molar-refractivity contribution is 5.85. The Hall–Kier alpha value is -2.18. The van der Waals surface area contributed by atoms with E-state index in [1.807, 2.05) is 49.4 Å². The average molecular weight is 390 g/mol. The highest BCUT2D eigenvalue weighted by Crippen LogP contribution is 2.31. The lowest BCUT2D eigenvalue weighted by atomic mass is 9.74. The molecule has 1 aliphatic rings. The van der Waals surface area contributed by atoms with E-state index in [-0.39, 0.29) is 24.2 Å². The largest absolute Gasteiger partial charge is 0.367 e. The van der Waals surface area contributed by atoms with Gasteiger partial charge in [-0.1, -0.05) is 43.2 Å². The van der Waals surface area contributed by atoms with Gasteiger partial charge in [-0.2, -0.15) is 0 Å². The lowest BCUT2D eigenvalue weighted by Gasteiger charge is -2.37. The van der Waals surface area contributed by atoms with Crippen molar-refractivity contribution in [1.29, 1.82) is 0 Å². The Morgan fingerprint density at radius 1 is 1.15 bits per heavy atom. The van der Waals surface area contributed by atoms with E-state index < -0.39 is 5.54 Å². The van der Waals surface area contributed by atoms with Crippen LogP contribution in [0.15, 0.2) is 42.5 Å². The summed E-state index contributed by atoms with van der Waals surface area (Å²) < 4.78 is 0. The monoisotopic (exact) mass is 389 g/mol. The summed E-state index contributed by atoms with van der Waals surface area (Å²) >= 11 is 0. The minimum Gasteiger partial charge on any atom is -0.367 e. The predicted octanol–water partition coefficient (Wildman–Crippen LogP) is 3.00. The number of halogens is 1. The van der Waals surface area contributed by atoms with Crippen LogP contribution in [-0.4, -0.2) is 34.7 Å². The fraction of sp³-hybridized carbons (Fsp3) is 0.450. The van der Waals surface area contributed by atoms with Gasteiger partial charge in [-0.15, -0.1) is 22.6 Å². The van der Waals surface area contributed by atoms with Gasteiger partial charge in [0.15, 0.2) is 0 Å². The molecule has 1 aliphatic carbocycles. The standard InChI is InChI=1S/C20H27N5O.ClH/c1-20(21)12-6-5-9-16(20)19(26)23-14-13-22-18-11-10-17(24-25-18)15-7-3-2-4-8-15;/h2-4,7-8,10-11,16H,5-6,9,12-14,21H2,1H3,(H,22,25)(H,23,26);1H. The number of hydrogen-bond donors (Lipinski definition) is 3. The molecule has 3 rings (SSSR count). The second kappa shape index (κ2) is 9.67. The maximum atomic E-state index is 12.4. The van der Waals surface area contributed by atoms with Gasteiger partial charge in [-0.25, -0.2) is 0 Å². The summed E-state index contributed by atoms with van der Waals surface area (Å²) in [7, 11) is 0. The van der Waals surface area contributed by atoms with Crippen molar-refractivity contribution in [1.82, 2.24) is 15.5 Å². The number of anilines is 1. The van der Waals surface area contributed by atoms with E-state index in [0.29, 0.717) is 18.9 Å². The summed E-state index contributed by atoms with van der Waals surface area (Å²) in [6.07, 6.45) is 3.97. The molecule has 7 heteroatoms. The Morgan fingerprint density at radius 2 is 1.93 bits per heavy atom. The molecule has 1 aromatic carbocycles. The number of hydrogen-bond acceptors (Lipinski definition) is 5. The zero-order chi connectivity index (χ0) is 18.4. The Bertz CT molecular complexity index is 721. The van der Waals surface area contributed by atoms with Crippen LogP contribution in [-0.2, 0) is 4.79 Å². The molecule has 2 unspecified atom stereocenters. The van der Waals surface area contributed by atoms with Crippen LogP contribution in [0.1, 0.15) is 32.6 Å². The number of nitrogens with zero attached hydrogens (tertiary/aromatic N) is 2. The summed E-state index contributed by atoms with van der Waals surface area (Å²) in [6.45, 7) is 3.12. The normalized spacial score (nSPS) is 21.8. The van der Waals surface area contributed by atoms with E-state index in [2.05, 4.69) is 20.8 Å². The number of benzene rings is 1. The van der Waals surface area contributed by atoms with Crippen LogP contribution in [0, 0.1) is 5.92 Å². The Morgan fingerprint density at radius 3 is 2.59 bits per heavy atom. The van der Waals surface area contributed by atoms with E-state index in [0.717, 1.165) is 36.9 Å². The maximum Gasteiger partial charge on any atom is 0.225 e. The number of amides is 1. The summed E-state index contributed by atoms with van der Waals surface area (Å²) in [5, 5.41) is 14.6.